The molecule has 0 spiro atoms. The van der Waals surface area contributed by atoms with Crippen LogP contribution in [0, 0.1) is 0 Å². The number of benzene rings is 1. The summed E-state index contributed by atoms with van der Waals surface area (Å²) in [5, 5.41) is 8.91. The Morgan fingerprint density at radius 1 is 1.33 bits per heavy atom. The number of hydrogen-bond acceptors (Lipinski definition) is 3. The zero-order chi connectivity index (χ0) is 13.7. The first-order valence-corrected chi connectivity index (χ1v) is 7.00. The molecule has 1 aromatic rings. The lowest BCUT2D eigenvalue weighted by Crippen LogP contribution is -2.15. The molecule has 0 aromatic heterocycles. The van der Waals surface area contributed by atoms with E-state index in [1.54, 1.807) is 0 Å². The zero-order valence-electron chi connectivity index (χ0n) is 10.2. The van der Waals surface area contributed by atoms with Gasteiger partial charge in [0.05, 0.1) is 21.1 Å². The van der Waals surface area contributed by atoms with Crippen molar-refractivity contribution in [2.45, 2.75) is 6.42 Å². The van der Waals surface area contributed by atoms with Gasteiger partial charge in [-0.05, 0) is 64.5 Å². The van der Waals surface area contributed by atoms with Crippen LogP contribution in [0.4, 0.5) is 0 Å². The van der Waals surface area contributed by atoms with Crippen LogP contribution >= 0.6 is 31.9 Å². The molecular formula is C12H15Br2NO3. The fourth-order valence-corrected chi connectivity index (χ4v) is 2.79. The van der Waals surface area contributed by atoms with E-state index in [0.717, 1.165) is 13.0 Å². The quantitative estimate of drug-likeness (QED) is 0.769. The molecule has 18 heavy (non-hydrogen) atoms. The average molecular weight is 381 g/mol. The minimum absolute atomic E-state index is 0.217. The summed E-state index contributed by atoms with van der Waals surface area (Å²) in [6, 6.07) is 3.07. The van der Waals surface area contributed by atoms with Crippen LogP contribution in [-0.4, -0.2) is 43.2 Å². The normalized spacial score (nSPS) is 10.7. The van der Waals surface area contributed by atoms with Gasteiger partial charge in [0.2, 0.25) is 0 Å². The van der Waals surface area contributed by atoms with E-state index in [4.69, 9.17) is 9.84 Å². The largest absolute Gasteiger partial charge is 0.491 e. The van der Waals surface area contributed by atoms with Gasteiger partial charge in [0.25, 0.3) is 0 Å². The Hall–Kier alpha value is -0.590. The van der Waals surface area contributed by atoms with Crippen molar-refractivity contribution in [1.82, 2.24) is 4.90 Å². The van der Waals surface area contributed by atoms with E-state index in [0.29, 0.717) is 21.3 Å². The standard InChI is InChI=1S/C12H15Br2NO3/c1-15(2)4-3-5-18-11-9(13)6-8(12(16)17)7-10(11)14/h6-7H,3-5H2,1-2H3,(H,16,17). The summed E-state index contributed by atoms with van der Waals surface area (Å²) < 4.78 is 6.92. The summed E-state index contributed by atoms with van der Waals surface area (Å²) >= 11 is 6.64. The first kappa shape index (κ1) is 15.5. The number of rotatable bonds is 6. The fourth-order valence-electron chi connectivity index (χ4n) is 1.38. The summed E-state index contributed by atoms with van der Waals surface area (Å²) in [6.07, 6.45) is 0.909. The van der Waals surface area contributed by atoms with Gasteiger partial charge in [0, 0.05) is 6.54 Å². The minimum atomic E-state index is -0.962. The zero-order valence-corrected chi connectivity index (χ0v) is 13.4. The molecular weight excluding hydrogens is 366 g/mol. The Bertz CT molecular complexity index is 412. The highest BCUT2D eigenvalue weighted by molar-refractivity contribution is 9.11. The highest BCUT2D eigenvalue weighted by Gasteiger charge is 2.12. The molecule has 0 amide bonds. The van der Waals surface area contributed by atoms with Crippen molar-refractivity contribution in [3.63, 3.8) is 0 Å². The molecule has 0 saturated heterocycles. The monoisotopic (exact) mass is 379 g/mol. The van der Waals surface area contributed by atoms with Crippen molar-refractivity contribution in [2.24, 2.45) is 0 Å². The van der Waals surface area contributed by atoms with Crippen LogP contribution in [0.25, 0.3) is 0 Å². The maximum atomic E-state index is 10.9. The van der Waals surface area contributed by atoms with Crippen molar-refractivity contribution in [3.8, 4) is 5.75 Å². The van der Waals surface area contributed by atoms with Crippen molar-refractivity contribution in [1.29, 1.82) is 0 Å². The average Bonchev–Trinajstić information content (AvgIpc) is 2.26. The van der Waals surface area contributed by atoms with Gasteiger partial charge in [-0.3, -0.25) is 0 Å². The van der Waals surface area contributed by atoms with E-state index < -0.39 is 5.97 Å². The Balaban J connectivity index is 2.69. The molecule has 0 bridgehead atoms. The Labute approximate surface area is 123 Å². The van der Waals surface area contributed by atoms with E-state index in [2.05, 4.69) is 36.8 Å². The van der Waals surface area contributed by atoms with Crippen LogP contribution in [0.5, 0.6) is 5.75 Å². The topological polar surface area (TPSA) is 49.8 Å². The highest BCUT2D eigenvalue weighted by Crippen LogP contribution is 2.34. The van der Waals surface area contributed by atoms with Crippen LogP contribution in [0.1, 0.15) is 16.8 Å². The van der Waals surface area contributed by atoms with Gasteiger partial charge in [-0.2, -0.15) is 0 Å². The maximum absolute atomic E-state index is 10.9. The third kappa shape index (κ3) is 4.59. The molecule has 0 aliphatic rings. The predicted octanol–water partition coefficient (Wildman–Crippen LogP) is 3.24. The highest BCUT2D eigenvalue weighted by atomic mass is 79.9. The summed E-state index contributed by atoms with van der Waals surface area (Å²) in [7, 11) is 4.01. The SMILES string of the molecule is CN(C)CCCOc1c(Br)cc(C(=O)O)cc1Br. The van der Waals surface area contributed by atoms with E-state index in [1.165, 1.54) is 12.1 Å². The van der Waals surface area contributed by atoms with Crippen molar-refractivity contribution >= 4 is 37.8 Å². The molecule has 0 aliphatic heterocycles. The van der Waals surface area contributed by atoms with Crippen LogP contribution < -0.4 is 4.74 Å². The Kier molecular flexibility index (Phi) is 6.11. The van der Waals surface area contributed by atoms with Crippen molar-refractivity contribution in [2.75, 3.05) is 27.2 Å². The van der Waals surface area contributed by atoms with E-state index >= 15 is 0 Å². The molecule has 1 N–H and O–H groups in total. The first-order chi connectivity index (χ1) is 8.41. The second-order valence-corrected chi connectivity index (χ2v) is 5.79. The van der Waals surface area contributed by atoms with Crippen LogP contribution in [0.3, 0.4) is 0 Å². The number of nitrogens with zero attached hydrogens (tertiary/aromatic N) is 1. The second-order valence-electron chi connectivity index (χ2n) is 4.08. The number of halogens is 2. The molecule has 100 valence electrons. The lowest BCUT2D eigenvalue weighted by molar-refractivity contribution is 0.0696. The van der Waals surface area contributed by atoms with Gasteiger partial charge in [-0.25, -0.2) is 4.79 Å². The molecule has 0 atom stereocenters. The first-order valence-electron chi connectivity index (χ1n) is 5.41. The number of ether oxygens (including phenoxy) is 1. The molecule has 6 heteroatoms. The number of aromatic carboxylic acids is 1. The third-order valence-corrected chi connectivity index (χ3v) is 3.42. The van der Waals surface area contributed by atoms with Gasteiger partial charge in [-0.1, -0.05) is 0 Å². The molecule has 1 aromatic carbocycles. The number of carbonyl (C=O) groups is 1. The van der Waals surface area contributed by atoms with Gasteiger partial charge >= 0.3 is 5.97 Å². The minimum Gasteiger partial charge on any atom is -0.491 e. The number of carboxylic acids is 1. The molecule has 1 rings (SSSR count). The summed E-state index contributed by atoms with van der Waals surface area (Å²) in [6.45, 7) is 1.53. The number of hydrogen-bond donors (Lipinski definition) is 1. The van der Waals surface area contributed by atoms with Crippen molar-refractivity contribution in [3.05, 3.63) is 26.6 Å². The van der Waals surface area contributed by atoms with E-state index in [-0.39, 0.29) is 5.56 Å². The number of carboxylic acid groups (broad SMARTS) is 1. The van der Waals surface area contributed by atoms with E-state index in [1.807, 2.05) is 14.1 Å². The predicted molar refractivity (Wildman–Crippen MR) is 77.5 cm³/mol. The molecule has 0 heterocycles. The van der Waals surface area contributed by atoms with Gasteiger partial charge in [-0.15, -0.1) is 0 Å². The van der Waals surface area contributed by atoms with Crippen LogP contribution in [0.15, 0.2) is 21.1 Å². The summed E-state index contributed by atoms with van der Waals surface area (Å²) in [5.41, 5.74) is 0.217. The Morgan fingerprint density at radius 2 is 1.89 bits per heavy atom. The lowest BCUT2D eigenvalue weighted by Gasteiger charge is -2.13. The van der Waals surface area contributed by atoms with Gasteiger partial charge in [0.15, 0.2) is 0 Å². The molecule has 4 nitrogen and oxygen atoms in total. The molecule has 0 radical (unpaired) electrons. The molecule has 0 aliphatic carbocycles. The summed E-state index contributed by atoms with van der Waals surface area (Å²) in [5.74, 6) is -0.325. The van der Waals surface area contributed by atoms with Crippen molar-refractivity contribution < 1.29 is 14.6 Å². The third-order valence-electron chi connectivity index (χ3n) is 2.24. The smallest absolute Gasteiger partial charge is 0.335 e. The fraction of sp³-hybridized carbons (Fsp3) is 0.417. The molecule has 0 saturated carbocycles. The maximum Gasteiger partial charge on any atom is 0.335 e. The Morgan fingerprint density at radius 3 is 2.33 bits per heavy atom. The van der Waals surface area contributed by atoms with Crippen LogP contribution in [0.2, 0.25) is 0 Å². The second kappa shape index (κ2) is 7.11. The van der Waals surface area contributed by atoms with Gasteiger partial charge < -0.3 is 14.7 Å². The van der Waals surface area contributed by atoms with E-state index in [9.17, 15) is 4.79 Å². The lowest BCUT2D eigenvalue weighted by atomic mass is 10.2. The molecule has 0 fully saturated rings. The van der Waals surface area contributed by atoms with Crippen LogP contribution in [-0.2, 0) is 0 Å². The summed E-state index contributed by atoms with van der Waals surface area (Å²) in [4.78, 5) is 12.9. The van der Waals surface area contributed by atoms with Gasteiger partial charge in [0.1, 0.15) is 5.75 Å². The molecule has 0 unspecified atom stereocenters.